The van der Waals surface area contributed by atoms with E-state index in [0.29, 0.717) is 0 Å². The average molecular weight is 135 g/mol. The Morgan fingerprint density at radius 3 is 2.00 bits per heavy atom. The lowest BCUT2D eigenvalue weighted by atomic mass is 10.4. The van der Waals surface area contributed by atoms with Gasteiger partial charge < -0.3 is 20.7 Å². The fourth-order valence-corrected chi connectivity index (χ4v) is 0. The SMILES string of the molecule is CC(O)C(=O)[O-].CC[NH3+]. The first-order valence-corrected chi connectivity index (χ1v) is 2.74. The van der Waals surface area contributed by atoms with E-state index in [1.165, 1.54) is 0 Å². The predicted molar refractivity (Wildman–Crippen MR) is 30.1 cm³/mol. The third kappa shape index (κ3) is 18.7. The maximum Gasteiger partial charge on any atom is 0.0905 e. The maximum atomic E-state index is 9.34. The molecule has 1 unspecified atom stereocenters. The summed E-state index contributed by atoms with van der Waals surface area (Å²) in [5.41, 5.74) is 3.49. The lowest BCUT2D eigenvalue weighted by Crippen LogP contribution is -2.48. The van der Waals surface area contributed by atoms with Crippen molar-refractivity contribution in [3.63, 3.8) is 0 Å². The van der Waals surface area contributed by atoms with E-state index in [4.69, 9.17) is 5.11 Å². The molecule has 0 aliphatic carbocycles. The van der Waals surface area contributed by atoms with Crippen LogP contribution in [-0.4, -0.2) is 23.7 Å². The third-order valence-corrected chi connectivity index (χ3v) is 0.341. The van der Waals surface area contributed by atoms with Gasteiger partial charge in [-0.2, -0.15) is 0 Å². The molecule has 0 aliphatic rings. The summed E-state index contributed by atoms with van der Waals surface area (Å²) < 4.78 is 0. The minimum atomic E-state index is -1.44. The summed E-state index contributed by atoms with van der Waals surface area (Å²) in [4.78, 5) is 9.34. The zero-order chi connectivity index (χ0) is 7.86. The fourth-order valence-electron chi connectivity index (χ4n) is 0. The number of carboxylic acid groups (broad SMARTS) is 1. The molecule has 0 fully saturated rings. The maximum absolute atomic E-state index is 9.34. The molecule has 0 rings (SSSR count). The topological polar surface area (TPSA) is 88.0 Å². The van der Waals surface area contributed by atoms with Gasteiger partial charge in [-0.05, 0) is 13.8 Å². The van der Waals surface area contributed by atoms with Crippen LogP contribution in [0, 0.1) is 0 Å². The summed E-state index contributed by atoms with van der Waals surface area (Å²) in [6.07, 6.45) is -1.34. The summed E-state index contributed by atoms with van der Waals surface area (Å²) in [7, 11) is 0. The number of aliphatic hydroxyl groups excluding tert-OH is 1. The van der Waals surface area contributed by atoms with Crippen molar-refractivity contribution in [1.29, 1.82) is 0 Å². The number of carbonyl (C=O) groups is 1. The molecule has 4 heteroatoms. The lowest BCUT2D eigenvalue weighted by Gasteiger charge is -2.00. The number of aliphatic hydroxyl groups is 1. The lowest BCUT2D eigenvalue weighted by molar-refractivity contribution is -0.361. The largest absolute Gasteiger partial charge is 0.547 e. The Balaban J connectivity index is 0. The van der Waals surface area contributed by atoms with Gasteiger partial charge in [0.2, 0.25) is 0 Å². The van der Waals surface area contributed by atoms with Gasteiger partial charge in [0.25, 0.3) is 0 Å². The van der Waals surface area contributed by atoms with Gasteiger partial charge in [-0.15, -0.1) is 0 Å². The minimum Gasteiger partial charge on any atom is -0.547 e. The molecule has 0 aromatic heterocycles. The Hall–Kier alpha value is -0.610. The van der Waals surface area contributed by atoms with E-state index in [2.05, 4.69) is 5.73 Å². The molecule has 0 aromatic rings. The van der Waals surface area contributed by atoms with E-state index in [0.717, 1.165) is 13.5 Å². The van der Waals surface area contributed by atoms with Gasteiger partial charge in [0.15, 0.2) is 0 Å². The molecule has 1 atom stereocenters. The highest BCUT2D eigenvalue weighted by Gasteiger charge is 1.89. The monoisotopic (exact) mass is 135 g/mol. The average Bonchev–Trinajstić information content (AvgIpc) is 1.68. The van der Waals surface area contributed by atoms with Crippen LogP contribution in [0.4, 0.5) is 0 Å². The summed E-state index contributed by atoms with van der Waals surface area (Å²) >= 11 is 0. The van der Waals surface area contributed by atoms with Crippen LogP contribution in [-0.2, 0) is 4.79 Å². The molecule has 4 nitrogen and oxygen atoms in total. The van der Waals surface area contributed by atoms with Gasteiger partial charge in [0, 0.05) is 0 Å². The Bertz CT molecular complexity index is 72.6. The number of rotatable bonds is 1. The van der Waals surface area contributed by atoms with Crippen molar-refractivity contribution >= 4 is 5.97 Å². The zero-order valence-electron chi connectivity index (χ0n) is 5.76. The fraction of sp³-hybridized carbons (Fsp3) is 0.800. The molecule has 0 radical (unpaired) electrons. The highest BCUT2D eigenvalue weighted by molar-refractivity contribution is 5.68. The quantitative estimate of drug-likeness (QED) is 0.412. The van der Waals surface area contributed by atoms with Crippen molar-refractivity contribution in [2.24, 2.45) is 0 Å². The van der Waals surface area contributed by atoms with Gasteiger partial charge in [0.05, 0.1) is 18.6 Å². The number of carboxylic acids is 1. The van der Waals surface area contributed by atoms with Crippen molar-refractivity contribution in [1.82, 2.24) is 0 Å². The highest BCUT2D eigenvalue weighted by Crippen LogP contribution is 1.69. The molecule has 0 heterocycles. The number of hydrogen-bond acceptors (Lipinski definition) is 3. The van der Waals surface area contributed by atoms with Gasteiger partial charge >= 0.3 is 0 Å². The standard InChI is InChI=1S/C3H6O3.C2H7N/c1-2(4)3(5)6;1-2-3/h2,4H,1H3,(H,5,6);2-3H2,1H3. The molecule has 0 saturated carbocycles. The van der Waals surface area contributed by atoms with E-state index in [1.807, 2.05) is 6.92 Å². The summed E-state index contributed by atoms with van der Waals surface area (Å²) in [6.45, 7) is 4.15. The van der Waals surface area contributed by atoms with Crippen LogP contribution >= 0.6 is 0 Å². The van der Waals surface area contributed by atoms with Crippen LogP contribution in [0.1, 0.15) is 13.8 Å². The Morgan fingerprint density at radius 1 is 1.89 bits per heavy atom. The second-order valence-corrected chi connectivity index (χ2v) is 1.50. The van der Waals surface area contributed by atoms with Crippen molar-refractivity contribution in [2.45, 2.75) is 20.0 Å². The second-order valence-electron chi connectivity index (χ2n) is 1.50. The number of aliphatic carboxylic acids is 1. The molecule has 0 aliphatic heterocycles. The van der Waals surface area contributed by atoms with Crippen LogP contribution in [0.25, 0.3) is 0 Å². The first-order valence-electron chi connectivity index (χ1n) is 2.74. The van der Waals surface area contributed by atoms with Crippen molar-refractivity contribution in [3.8, 4) is 0 Å². The summed E-state index contributed by atoms with van der Waals surface area (Å²) in [5, 5.41) is 17.3. The van der Waals surface area contributed by atoms with Gasteiger partial charge in [-0.3, -0.25) is 0 Å². The molecule has 0 aromatic carbocycles. The first-order chi connectivity index (χ1) is 4.06. The molecule has 56 valence electrons. The van der Waals surface area contributed by atoms with Crippen LogP contribution in [0.2, 0.25) is 0 Å². The molecule has 0 spiro atoms. The van der Waals surface area contributed by atoms with Crippen molar-refractivity contribution < 1.29 is 20.7 Å². The second kappa shape index (κ2) is 7.39. The summed E-state index contributed by atoms with van der Waals surface area (Å²) in [6, 6.07) is 0. The molecule has 9 heavy (non-hydrogen) atoms. The molecule has 0 bridgehead atoms. The molecule has 0 saturated heterocycles. The summed E-state index contributed by atoms with van der Waals surface area (Å²) in [5.74, 6) is -1.44. The number of quaternary nitrogens is 1. The van der Waals surface area contributed by atoms with Crippen molar-refractivity contribution in [3.05, 3.63) is 0 Å². The smallest absolute Gasteiger partial charge is 0.0905 e. The van der Waals surface area contributed by atoms with Crippen LogP contribution in [0.15, 0.2) is 0 Å². The van der Waals surface area contributed by atoms with E-state index in [1.54, 1.807) is 0 Å². The molecular weight excluding hydrogens is 122 g/mol. The molecule has 0 amide bonds. The molecular formula is C5H13NO3. The molecule has 4 N–H and O–H groups in total. The predicted octanol–water partition coefficient (Wildman–Crippen LogP) is -2.63. The van der Waals surface area contributed by atoms with E-state index in [-0.39, 0.29) is 0 Å². The van der Waals surface area contributed by atoms with Gasteiger partial charge in [0.1, 0.15) is 0 Å². The van der Waals surface area contributed by atoms with E-state index >= 15 is 0 Å². The number of carbonyl (C=O) groups excluding carboxylic acids is 1. The van der Waals surface area contributed by atoms with Crippen LogP contribution in [0.3, 0.4) is 0 Å². The normalized spacial score (nSPS) is 11.1. The number of hydrogen-bond donors (Lipinski definition) is 2. The van der Waals surface area contributed by atoms with Crippen molar-refractivity contribution in [2.75, 3.05) is 6.54 Å². The Kier molecular flexibility index (Phi) is 9.21. The Morgan fingerprint density at radius 2 is 2.00 bits per heavy atom. The van der Waals surface area contributed by atoms with Crippen LogP contribution in [0.5, 0.6) is 0 Å². The van der Waals surface area contributed by atoms with Gasteiger partial charge in [-0.1, -0.05) is 0 Å². The third-order valence-electron chi connectivity index (χ3n) is 0.341. The zero-order valence-corrected chi connectivity index (χ0v) is 5.76. The Labute approximate surface area is 54.3 Å². The first kappa shape index (κ1) is 11.2. The van der Waals surface area contributed by atoms with Gasteiger partial charge in [-0.25, -0.2) is 0 Å². The highest BCUT2D eigenvalue weighted by atomic mass is 16.4. The minimum absolute atomic E-state index is 1.00. The van der Waals surface area contributed by atoms with E-state index < -0.39 is 12.1 Å². The van der Waals surface area contributed by atoms with Crippen LogP contribution < -0.4 is 10.8 Å². The van der Waals surface area contributed by atoms with E-state index in [9.17, 15) is 9.90 Å².